The molecule has 1 atom stereocenters. The summed E-state index contributed by atoms with van der Waals surface area (Å²) in [7, 11) is 0. The normalized spacial score (nSPS) is 32.6. The lowest BCUT2D eigenvalue weighted by Crippen LogP contribution is -2.29. The Hall–Kier alpha value is -2.12. The van der Waals surface area contributed by atoms with E-state index in [0.717, 1.165) is 58.0 Å². The van der Waals surface area contributed by atoms with Crippen molar-refractivity contribution in [3.8, 4) is 5.75 Å². The Balaban J connectivity index is 0.910. The van der Waals surface area contributed by atoms with Gasteiger partial charge in [0, 0.05) is 12.2 Å². The molecule has 3 aliphatic carbocycles. The van der Waals surface area contributed by atoms with E-state index in [-0.39, 0.29) is 24.0 Å². The maximum atomic E-state index is 14.8. The van der Waals surface area contributed by atoms with Crippen LogP contribution in [0.4, 0.5) is 17.6 Å². The van der Waals surface area contributed by atoms with Crippen LogP contribution in [-0.2, 0) is 9.47 Å². The van der Waals surface area contributed by atoms with E-state index < -0.39 is 29.0 Å². The molecule has 4 fully saturated rings. The zero-order chi connectivity index (χ0) is 27.8. The third-order valence-electron chi connectivity index (χ3n) is 10.4. The molecule has 1 unspecified atom stereocenters. The Bertz CT molecular complexity index is 1170. The van der Waals surface area contributed by atoms with Crippen LogP contribution in [0.15, 0.2) is 24.3 Å². The number of hydrogen-bond acceptors (Lipinski definition) is 3. The third-order valence-corrected chi connectivity index (χ3v) is 10.4. The molecule has 0 bridgehead atoms. The van der Waals surface area contributed by atoms with Crippen molar-refractivity contribution in [2.75, 3.05) is 13.2 Å². The van der Waals surface area contributed by atoms with Gasteiger partial charge in [-0.1, -0.05) is 18.2 Å². The first-order chi connectivity index (χ1) is 19.4. The van der Waals surface area contributed by atoms with Gasteiger partial charge >= 0.3 is 0 Å². The van der Waals surface area contributed by atoms with E-state index in [4.69, 9.17) is 9.47 Å². The fourth-order valence-electron chi connectivity index (χ4n) is 7.78. The molecule has 2 aromatic carbocycles. The lowest BCUT2D eigenvalue weighted by molar-refractivity contribution is -0.00764. The molecule has 0 amide bonds. The lowest BCUT2D eigenvalue weighted by Gasteiger charge is -2.38. The zero-order valence-electron chi connectivity index (χ0n) is 23.0. The summed E-state index contributed by atoms with van der Waals surface area (Å²) in [6, 6.07) is 6.24. The molecule has 1 heterocycles. The van der Waals surface area contributed by atoms with E-state index in [9.17, 15) is 22.7 Å². The van der Waals surface area contributed by atoms with E-state index in [1.54, 1.807) is 12.1 Å². The quantitative estimate of drug-likeness (QED) is 0.272. The highest BCUT2D eigenvalue weighted by molar-refractivity contribution is 5.33. The Morgan fingerprint density at radius 3 is 1.70 bits per heavy atom. The van der Waals surface area contributed by atoms with Crippen LogP contribution >= 0.6 is 0 Å². The fraction of sp³-hybridized carbons (Fsp3) is 0.636. The van der Waals surface area contributed by atoms with Crippen LogP contribution in [0.5, 0.6) is 5.75 Å². The maximum Gasteiger partial charge on any atom is 0.200 e. The average molecular weight is 561 g/mol. The molecule has 2 aromatic rings. The van der Waals surface area contributed by atoms with Gasteiger partial charge in [0.25, 0.3) is 0 Å². The molecule has 3 saturated carbocycles. The first-order valence-corrected chi connectivity index (χ1v) is 15.3. The smallest absolute Gasteiger partial charge is 0.200 e. The van der Waals surface area contributed by atoms with Crippen molar-refractivity contribution in [3.05, 3.63) is 64.2 Å². The second-order valence-electron chi connectivity index (χ2n) is 12.7. The summed E-state index contributed by atoms with van der Waals surface area (Å²) in [6.07, 6.45) is 11.9. The molecule has 7 heteroatoms. The first kappa shape index (κ1) is 28.0. The molecule has 0 aromatic heterocycles. The second kappa shape index (κ2) is 12.0. The minimum atomic E-state index is -1.15. The number of hydrogen-bond donors (Lipinski definition) is 1. The SMILES string of the molecule is Oc1ccc(C2CCC(OCC3CCC(C4CCC(c5ccc(C6CO6)c(F)c5F)CC4)CC3)CC2)c(F)c1F. The fourth-order valence-corrected chi connectivity index (χ4v) is 7.78. The summed E-state index contributed by atoms with van der Waals surface area (Å²) in [4.78, 5) is 0. The summed E-state index contributed by atoms with van der Waals surface area (Å²) in [5, 5.41) is 9.38. The molecule has 3 nitrogen and oxygen atoms in total. The average Bonchev–Trinajstić information content (AvgIpc) is 3.83. The molecule has 218 valence electrons. The Morgan fingerprint density at radius 2 is 1.10 bits per heavy atom. The topological polar surface area (TPSA) is 42.0 Å². The van der Waals surface area contributed by atoms with Gasteiger partial charge in [-0.15, -0.1) is 0 Å². The maximum absolute atomic E-state index is 14.8. The first-order valence-electron chi connectivity index (χ1n) is 15.3. The molecule has 1 aliphatic heterocycles. The molecule has 0 spiro atoms. The van der Waals surface area contributed by atoms with Crippen molar-refractivity contribution in [1.29, 1.82) is 0 Å². The second-order valence-corrected chi connectivity index (χ2v) is 12.7. The highest BCUT2D eigenvalue weighted by atomic mass is 19.2. The standard InChI is InChI=1S/C33H40F4O3/c34-30-25(13-14-27(32(30)36)29-18-40-29)22-7-5-21(6-8-22)20-3-1-19(2-4-20)17-39-24-11-9-23(10-12-24)26-15-16-28(38)33(37)31(26)35/h13-16,19-24,29,38H,1-12,17-18H2. The highest BCUT2D eigenvalue weighted by Gasteiger charge is 2.35. The number of halogens is 4. The van der Waals surface area contributed by atoms with Gasteiger partial charge in [-0.25, -0.2) is 13.2 Å². The number of phenols is 1. The summed E-state index contributed by atoms with van der Waals surface area (Å²) < 4.78 is 68.8. The predicted molar refractivity (Wildman–Crippen MR) is 144 cm³/mol. The number of benzene rings is 2. The molecule has 1 N–H and O–H groups in total. The molecule has 40 heavy (non-hydrogen) atoms. The van der Waals surface area contributed by atoms with Crippen LogP contribution < -0.4 is 0 Å². The van der Waals surface area contributed by atoms with E-state index in [1.165, 1.54) is 37.8 Å². The number of ether oxygens (including phenoxy) is 2. The summed E-state index contributed by atoms with van der Waals surface area (Å²) in [5.41, 5.74) is 1.25. The monoisotopic (exact) mass is 560 g/mol. The summed E-state index contributed by atoms with van der Waals surface area (Å²) in [5.74, 6) is -2.10. The molecular formula is C33H40F4O3. The third kappa shape index (κ3) is 5.92. The Labute approximate surface area is 234 Å². The van der Waals surface area contributed by atoms with E-state index >= 15 is 0 Å². The van der Waals surface area contributed by atoms with Crippen molar-refractivity contribution >= 4 is 0 Å². The van der Waals surface area contributed by atoms with Crippen LogP contribution in [0.1, 0.15) is 112 Å². The number of aromatic hydroxyl groups is 1. The van der Waals surface area contributed by atoms with Crippen molar-refractivity contribution < 1.29 is 32.1 Å². The van der Waals surface area contributed by atoms with Gasteiger partial charge in [0.05, 0.1) is 12.7 Å². The summed E-state index contributed by atoms with van der Waals surface area (Å²) in [6.45, 7) is 1.24. The van der Waals surface area contributed by atoms with E-state index in [2.05, 4.69) is 0 Å². The Morgan fingerprint density at radius 1 is 0.625 bits per heavy atom. The van der Waals surface area contributed by atoms with Crippen LogP contribution in [0.25, 0.3) is 0 Å². The van der Waals surface area contributed by atoms with Gasteiger partial charge in [-0.05, 0) is 124 Å². The van der Waals surface area contributed by atoms with Crippen molar-refractivity contribution in [2.45, 2.75) is 101 Å². The van der Waals surface area contributed by atoms with E-state index in [0.29, 0.717) is 41.1 Å². The number of rotatable bonds is 7. The van der Waals surface area contributed by atoms with Crippen molar-refractivity contribution in [1.82, 2.24) is 0 Å². The van der Waals surface area contributed by atoms with Gasteiger partial charge < -0.3 is 14.6 Å². The lowest BCUT2D eigenvalue weighted by atomic mass is 9.68. The van der Waals surface area contributed by atoms with Crippen LogP contribution in [-0.4, -0.2) is 24.4 Å². The van der Waals surface area contributed by atoms with Crippen LogP contribution in [0.2, 0.25) is 0 Å². The molecule has 0 radical (unpaired) electrons. The number of phenolic OH excluding ortho intramolecular Hbond substituents is 1. The predicted octanol–water partition coefficient (Wildman–Crippen LogP) is 8.84. The molecule has 4 aliphatic rings. The molecular weight excluding hydrogens is 520 g/mol. The van der Waals surface area contributed by atoms with Gasteiger partial charge in [0.15, 0.2) is 23.2 Å². The van der Waals surface area contributed by atoms with Crippen LogP contribution in [0, 0.1) is 41.0 Å². The zero-order valence-corrected chi connectivity index (χ0v) is 23.0. The Kier molecular flexibility index (Phi) is 8.41. The largest absolute Gasteiger partial charge is 0.505 e. The molecule has 6 rings (SSSR count). The van der Waals surface area contributed by atoms with Gasteiger partial charge in [0.1, 0.15) is 6.10 Å². The van der Waals surface area contributed by atoms with Gasteiger partial charge in [0.2, 0.25) is 5.82 Å². The minimum absolute atomic E-state index is 0.0345. The highest BCUT2D eigenvalue weighted by Crippen LogP contribution is 2.45. The molecule has 1 saturated heterocycles. The minimum Gasteiger partial charge on any atom is -0.505 e. The van der Waals surface area contributed by atoms with Gasteiger partial charge in [-0.3, -0.25) is 0 Å². The number of epoxide rings is 1. The van der Waals surface area contributed by atoms with Crippen molar-refractivity contribution in [2.24, 2.45) is 17.8 Å². The van der Waals surface area contributed by atoms with Gasteiger partial charge in [-0.2, -0.15) is 4.39 Å². The van der Waals surface area contributed by atoms with Crippen molar-refractivity contribution in [3.63, 3.8) is 0 Å². The van der Waals surface area contributed by atoms with E-state index in [1.807, 2.05) is 0 Å². The summed E-state index contributed by atoms with van der Waals surface area (Å²) >= 11 is 0. The van der Waals surface area contributed by atoms with Crippen LogP contribution in [0.3, 0.4) is 0 Å².